The average molecular weight is 287 g/mol. The zero-order chi connectivity index (χ0) is 14.4. The number of carbonyl (C=O) groups excluding carboxylic acids is 1. The van der Waals surface area contributed by atoms with E-state index in [-0.39, 0.29) is 11.7 Å². The molecule has 104 valence electrons. The van der Waals surface area contributed by atoms with Gasteiger partial charge in [0, 0.05) is 22.2 Å². The fraction of sp³-hybridized carbons (Fsp3) is 0.188. The Balaban J connectivity index is 1.85. The van der Waals surface area contributed by atoms with E-state index in [0.29, 0.717) is 5.75 Å². The minimum absolute atomic E-state index is 0.0166. The monoisotopic (exact) mass is 287 g/mol. The van der Waals surface area contributed by atoms with Crippen molar-refractivity contribution in [2.45, 2.75) is 12.7 Å². The fourth-order valence-corrected chi connectivity index (χ4v) is 2.82. The van der Waals surface area contributed by atoms with E-state index in [1.165, 1.54) is 0 Å². The lowest BCUT2D eigenvalue weighted by molar-refractivity contribution is -0.113. The van der Waals surface area contributed by atoms with Crippen molar-refractivity contribution >= 4 is 22.4 Å². The second kappa shape index (κ2) is 7.01. The van der Waals surface area contributed by atoms with Crippen LogP contribution in [0.15, 0.2) is 54.6 Å². The van der Waals surface area contributed by atoms with Crippen LogP contribution in [0.1, 0.15) is 11.1 Å². The number of hydrogen-bond donors (Lipinski definition) is 1. The zero-order valence-electron chi connectivity index (χ0n) is 11.3. The summed E-state index contributed by atoms with van der Waals surface area (Å²) in [6.45, 7) is 1.99. The van der Waals surface area contributed by atoms with Gasteiger partial charge in [-0.2, -0.15) is 0 Å². The van der Waals surface area contributed by atoms with Crippen LogP contribution in [-0.4, -0.2) is 15.9 Å². The van der Waals surface area contributed by atoms with E-state index in [0.717, 1.165) is 16.8 Å². The maximum absolute atomic E-state index is 11.9. The molecule has 0 unspecified atom stereocenters. The van der Waals surface area contributed by atoms with Crippen LogP contribution in [0.25, 0.3) is 0 Å². The van der Waals surface area contributed by atoms with Gasteiger partial charge >= 0.3 is 0 Å². The number of aryl methyl sites for hydroxylation is 1. The third-order valence-corrected chi connectivity index (χ3v) is 4.04. The van der Waals surface area contributed by atoms with Crippen LogP contribution in [0.4, 0.5) is 5.69 Å². The molecule has 0 radical (unpaired) electrons. The largest absolute Gasteiger partial charge is 0.325 e. The first-order valence-corrected chi connectivity index (χ1v) is 7.88. The van der Waals surface area contributed by atoms with Crippen molar-refractivity contribution in [2.75, 3.05) is 11.1 Å². The zero-order valence-corrected chi connectivity index (χ0v) is 12.2. The molecule has 0 bridgehead atoms. The Hall–Kier alpha value is -1.94. The average Bonchev–Trinajstić information content (AvgIpc) is 2.42. The number of hydrogen-bond acceptors (Lipinski definition) is 2. The first-order valence-electron chi connectivity index (χ1n) is 6.39. The summed E-state index contributed by atoms with van der Waals surface area (Å²) in [5.74, 6) is 0.202. The van der Waals surface area contributed by atoms with Crippen LogP contribution < -0.4 is 5.32 Å². The summed E-state index contributed by atoms with van der Waals surface area (Å²) >= 11 is 0. The van der Waals surface area contributed by atoms with Gasteiger partial charge in [0.1, 0.15) is 5.75 Å². The molecule has 20 heavy (non-hydrogen) atoms. The summed E-state index contributed by atoms with van der Waals surface area (Å²) in [6, 6.07) is 17.1. The third-order valence-electron chi connectivity index (χ3n) is 2.80. The lowest BCUT2D eigenvalue weighted by atomic mass is 10.2. The Kier molecular flexibility index (Phi) is 5.07. The third kappa shape index (κ3) is 4.63. The smallest absolute Gasteiger partial charge is 0.237 e. The molecule has 2 rings (SSSR count). The van der Waals surface area contributed by atoms with Crippen molar-refractivity contribution in [3.05, 3.63) is 65.7 Å². The second-order valence-electron chi connectivity index (χ2n) is 4.63. The molecule has 0 aromatic heterocycles. The molecule has 4 heteroatoms. The van der Waals surface area contributed by atoms with Gasteiger partial charge in [0.05, 0.1) is 0 Å². The summed E-state index contributed by atoms with van der Waals surface area (Å²) in [7, 11) is -1.19. The molecule has 0 saturated carbocycles. The minimum atomic E-state index is -1.19. The van der Waals surface area contributed by atoms with Crippen molar-refractivity contribution in [1.82, 2.24) is 0 Å². The molecule has 0 aliphatic rings. The van der Waals surface area contributed by atoms with E-state index in [1.807, 2.05) is 61.5 Å². The molecule has 2 aromatic rings. The van der Waals surface area contributed by atoms with E-state index in [9.17, 15) is 9.00 Å². The van der Waals surface area contributed by atoms with E-state index in [1.54, 1.807) is 0 Å². The van der Waals surface area contributed by atoms with Gasteiger partial charge in [-0.05, 0) is 24.6 Å². The molecule has 0 spiro atoms. The van der Waals surface area contributed by atoms with E-state index < -0.39 is 10.8 Å². The van der Waals surface area contributed by atoms with Gasteiger partial charge in [-0.3, -0.25) is 9.00 Å². The lowest BCUT2D eigenvalue weighted by Gasteiger charge is -2.06. The van der Waals surface area contributed by atoms with E-state index in [4.69, 9.17) is 0 Å². The van der Waals surface area contributed by atoms with Crippen LogP contribution in [-0.2, 0) is 21.3 Å². The SMILES string of the molecule is Cc1ccc(NC(=O)C[S@](=O)Cc2ccccc2)cc1. The summed E-state index contributed by atoms with van der Waals surface area (Å²) in [5.41, 5.74) is 2.85. The number of amides is 1. The fourth-order valence-electron chi connectivity index (χ4n) is 1.79. The maximum atomic E-state index is 11.9. The van der Waals surface area contributed by atoms with Crippen LogP contribution >= 0.6 is 0 Å². The minimum Gasteiger partial charge on any atom is -0.325 e. The number of nitrogens with one attached hydrogen (secondary N) is 1. The first kappa shape index (κ1) is 14.5. The molecule has 0 heterocycles. The van der Waals surface area contributed by atoms with Gasteiger partial charge in [-0.15, -0.1) is 0 Å². The van der Waals surface area contributed by atoms with Crippen molar-refractivity contribution in [3.63, 3.8) is 0 Å². The summed E-state index contributed by atoms with van der Waals surface area (Å²) in [4.78, 5) is 11.8. The number of benzene rings is 2. The number of carbonyl (C=O) groups is 1. The highest BCUT2D eigenvalue weighted by Crippen LogP contribution is 2.09. The summed E-state index contributed by atoms with van der Waals surface area (Å²) in [5, 5.41) is 2.75. The molecule has 1 amide bonds. The molecule has 1 N–H and O–H groups in total. The topological polar surface area (TPSA) is 46.2 Å². The molecule has 0 aliphatic carbocycles. The van der Waals surface area contributed by atoms with Crippen molar-refractivity contribution in [3.8, 4) is 0 Å². The molecule has 3 nitrogen and oxygen atoms in total. The maximum Gasteiger partial charge on any atom is 0.237 e. The van der Waals surface area contributed by atoms with Gasteiger partial charge < -0.3 is 5.32 Å². The van der Waals surface area contributed by atoms with Gasteiger partial charge in [0.2, 0.25) is 5.91 Å². The summed E-state index contributed by atoms with van der Waals surface area (Å²) in [6.07, 6.45) is 0. The Morgan fingerprint density at radius 3 is 2.35 bits per heavy atom. The van der Waals surface area contributed by atoms with Crippen LogP contribution in [0.5, 0.6) is 0 Å². The van der Waals surface area contributed by atoms with Crippen molar-refractivity contribution in [1.29, 1.82) is 0 Å². The predicted octanol–water partition coefficient (Wildman–Crippen LogP) is 2.88. The number of rotatable bonds is 5. The molecule has 0 aliphatic heterocycles. The Labute approximate surface area is 121 Å². The summed E-state index contributed by atoms with van der Waals surface area (Å²) < 4.78 is 11.9. The van der Waals surface area contributed by atoms with Crippen molar-refractivity contribution in [2.24, 2.45) is 0 Å². The molecule has 0 fully saturated rings. The Morgan fingerprint density at radius 1 is 1.05 bits per heavy atom. The Morgan fingerprint density at radius 2 is 1.70 bits per heavy atom. The lowest BCUT2D eigenvalue weighted by Crippen LogP contribution is -2.20. The van der Waals surface area contributed by atoms with Crippen LogP contribution in [0.2, 0.25) is 0 Å². The van der Waals surface area contributed by atoms with Crippen LogP contribution in [0.3, 0.4) is 0 Å². The highest BCUT2D eigenvalue weighted by Gasteiger charge is 2.09. The van der Waals surface area contributed by atoms with E-state index in [2.05, 4.69) is 5.32 Å². The number of anilines is 1. The highest BCUT2D eigenvalue weighted by atomic mass is 32.2. The second-order valence-corrected chi connectivity index (χ2v) is 6.09. The molecule has 2 aromatic carbocycles. The Bertz CT molecular complexity index is 594. The normalized spacial score (nSPS) is 11.8. The first-order chi connectivity index (χ1) is 9.63. The highest BCUT2D eigenvalue weighted by molar-refractivity contribution is 7.84. The molecular formula is C16H17NO2S. The van der Waals surface area contributed by atoms with Gasteiger partial charge in [0.25, 0.3) is 0 Å². The van der Waals surface area contributed by atoms with Crippen molar-refractivity contribution < 1.29 is 9.00 Å². The predicted molar refractivity (Wildman–Crippen MR) is 83.0 cm³/mol. The van der Waals surface area contributed by atoms with E-state index >= 15 is 0 Å². The quantitative estimate of drug-likeness (QED) is 0.919. The van der Waals surface area contributed by atoms with Gasteiger partial charge in [-0.1, -0.05) is 48.0 Å². The van der Waals surface area contributed by atoms with Crippen LogP contribution in [0, 0.1) is 6.92 Å². The van der Waals surface area contributed by atoms with Gasteiger partial charge in [-0.25, -0.2) is 0 Å². The standard InChI is InChI=1S/C16H17NO2S/c1-13-7-9-15(10-8-13)17-16(18)12-20(19)11-14-5-3-2-4-6-14/h2-10H,11-12H2,1H3,(H,17,18)/t20-/m1/s1. The molecule has 0 saturated heterocycles. The molecule has 1 atom stereocenters. The van der Waals surface area contributed by atoms with Gasteiger partial charge in [0.15, 0.2) is 0 Å². The molecular weight excluding hydrogens is 270 g/mol.